The van der Waals surface area contributed by atoms with Crippen molar-refractivity contribution in [3.63, 3.8) is 0 Å². The van der Waals surface area contributed by atoms with Crippen molar-refractivity contribution in [3.05, 3.63) is 41.6 Å². The number of allylic oxidation sites excluding steroid dienone is 2. The lowest BCUT2D eigenvalue weighted by Crippen LogP contribution is -2.20. The van der Waals surface area contributed by atoms with Crippen LogP contribution in [0.2, 0.25) is 0 Å². The minimum absolute atomic E-state index is 0.0326. The van der Waals surface area contributed by atoms with E-state index in [4.69, 9.17) is 19.3 Å². The van der Waals surface area contributed by atoms with Crippen LogP contribution in [0.3, 0.4) is 0 Å². The van der Waals surface area contributed by atoms with Crippen LogP contribution in [0.25, 0.3) is 0 Å². The van der Waals surface area contributed by atoms with Crippen LogP contribution in [-0.4, -0.2) is 33.0 Å². The molecule has 1 aromatic carbocycles. The summed E-state index contributed by atoms with van der Waals surface area (Å²) in [6.07, 6.45) is 7.54. The zero-order chi connectivity index (χ0) is 17.9. The third-order valence-electron chi connectivity index (χ3n) is 3.68. The minimum Gasteiger partial charge on any atom is -0.493 e. The van der Waals surface area contributed by atoms with Gasteiger partial charge in [-0.25, -0.2) is 0 Å². The number of nitrogens with one attached hydrogen (secondary N) is 1. The van der Waals surface area contributed by atoms with Crippen LogP contribution < -0.4 is 19.5 Å². The maximum Gasteiger partial charge on any atom is 0.203 e. The molecule has 0 fully saturated rings. The van der Waals surface area contributed by atoms with Crippen molar-refractivity contribution >= 4 is 0 Å². The summed E-state index contributed by atoms with van der Waals surface area (Å²) < 4.78 is 16.2. The van der Waals surface area contributed by atoms with Gasteiger partial charge >= 0.3 is 0 Å². The van der Waals surface area contributed by atoms with Crippen molar-refractivity contribution < 1.29 is 19.3 Å². The molecule has 0 saturated heterocycles. The van der Waals surface area contributed by atoms with E-state index in [1.807, 2.05) is 38.3 Å². The van der Waals surface area contributed by atoms with Gasteiger partial charge in [0.1, 0.15) is 0 Å². The van der Waals surface area contributed by atoms with Crippen LogP contribution in [0.15, 0.2) is 36.1 Å². The Bertz CT molecular complexity index is 541. The van der Waals surface area contributed by atoms with Crippen LogP contribution in [0.4, 0.5) is 0 Å². The van der Waals surface area contributed by atoms with Crippen LogP contribution >= 0.6 is 0 Å². The van der Waals surface area contributed by atoms with E-state index in [0.717, 1.165) is 18.4 Å². The first-order chi connectivity index (χ1) is 11.7. The van der Waals surface area contributed by atoms with E-state index < -0.39 is 0 Å². The monoisotopic (exact) mass is 335 g/mol. The molecule has 1 heterocycles. The summed E-state index contributed by atoms with van der Waals surface area (Å²) in [4.78, 5) is 0. The fourth-order valence-electron chi connectivity index (χ4n) is 2.62. The summed E-state index contributed by atoms with van der Waals surface area (Å²) in [5.74, 6) is 1.85. The van der Waals surface area contributed by atoms with Gasteiger partial charge in [-0.2, -0.15) is 0 Å². The molecule has 1 unspecified atom stereocenters. The first kappa shape index (κ1) is 19.9. The standard InChI is InChI=1S/C17H23NO4.C2H6/c1-20-14-10-13(11-15(21-2)17(14)22-3)16-12(7-5-9-19)6-4-8-18-16;1-2/h4,6,8,10-11,16,18-19H,5,7,9H2,1-3H3;1-2H3. The smallest absolute Gasteiger partial charge is 0.203 e. The van der Waals surface area contributed by atoms with Gasteiger partial charge in [0, 0.05) is 6.61 Å². The van der Waals surface area contributed by atoms with E-state index in [0.29, 0.717) is 17.2 Å². The van der Waals surface area contributed by atoms with Gasteiger partial charge in [-0.3, -0.25) is 0 Å². The SMILES string of the molecule is CC.COc1cc(C2NC=CC=C2CCCO)cc(OC)c1OC. The summed E-state index contributed by atoms with van der Waals surface area (Å²) in [5.41, 5.74) is 2.24. The third kappa shape index (κ3) is 4.68. The van der Waals surface area contributed by atoms with Crippen LogP contribution in [-0.2, 0) is 0 Å². The van der Waals surface area contributed by atoms with E-state index in [9.17, 15) is 0 Å². The summed E-state index contributed by atoms with van der Waals surface area (Å²) in [6.45, 7) is 4.18. The zero-order valence-corrected chi connectivity index (χ0v) is 15.3. The van der Waals surface area contributed by atoms with Crippen molar-refractivity contribution in [2.45, 2.75) is 32.7 Å². The van der Waals surface area contributed by atoms with E-state index in [1.165, 1.54) is 5.57 Å². The molecule has 0 aliphatic carbocycles. The van der Waals surface area contributed by atoms with Crippen LogP contribution in [0.5, 0.6) is 17.2 Å². The maximum absolute atomic E-state index is 9.06. The number of rotatable bonds is 7. The number of ether oxygens (including phenoxy) is 3. The highest BCUT2D eigenvalue weighted by atomic mass is 16.5. The fraction of sp³-hybridized carbons (Fsp3) is 0.474. The lowest BCUT2D eigenvalue weighted by atomic mass is 9.93. The van der Waals surface area contributed by atoms with Gasteiger partial charge in [0.15, 0.2) is 11.5 Å². The van der Waals surface area contributed by atoms with Gasteiger partial charge in [0.05, 0.1) is 27.4 Å². The van der Waals surface area contributed by atoms with Gasteiger partial charge in [-0.05, 0) is 48.4 Å². The Morgan fingerprint density at radius 2 is 1.67 bits per heavy atom. The Morgan fingerprint density at radius 3 is 2.17 bits per heavy atom. The molecule has 0 radical (unpaired) electrons. The average molecular weight is 335 g/mol. The number of hydrogen-bond acceptors (Lipinski definition) is 5. The van der Waals surface area contributed by atoms with Gasteiger partial charge in [-0.15, -0.1) is 0 Å². The van der Waals surface area contributed by atoms with Crippen molar-refractivity contribution in [1.29, 1.82) is 0 Å². The summed E-state index contributed by atoms with van der Waals surface area (Å²) in [7, 11) is 4.81. The third-order valence-corrected chi connectivity index (χ3v) is 3.68. The second-order valence-electron chi connectivity index (χ2n) is 4.99. The molecule has 0 aromatic heterocycles. The largest absolute Gasteiger partial charge is 0.493 e. The Kier molecular flexibility index (Phi) is 8.79. The topological polar surface area (TPSA) is 60.0 Å². The molecule has 134 valence electrons. The summed E-state index contributed by atoms with van der Waals surface area (Å²) >= 11 is 0. The Balaban J connectivity index is 0.00000139. The molecule has 0 amide bonds. The quantitative estimate of drug-likeness (QED) is 0.797. The number of methoxy groups -OCH3 is 3. The molecule has 2 N–H and O–H groups in total. The molecule has 24 heavy (non-hydrogen) atoms. The van der Waals surface area contributed by atoms with Crippen LogP contribution in [0.1, 0.15) is 38.3 Å². The van der Waals surface area contributed by atoms with Crippen molar-refractivity contribution in [3.8, 4) is 17.2 Å². The van der Waals surface area contributed by atoms with Crippen molar-refractivity contribution in [2.75, 3.05) is 27.9 Å². The first-order valence-electron chi connectivity index (χ1n) is 8.27. The molecule has 1 atom stereocenters. The normalized spacial score (nSPS) is 15.6. The first-order valence-corrected chi connectivity index (χ1v) is 8.27. The Hall–Kier alpha value is -2.14. The highest BCUT2D eigenvalue weighted by molar-refractivity contribution is 5.55. The molecular weight excluding hydrogens is 306 g/mol. The molecule has 0 spiro atoms. The molecule has 0 bridgehead atoms. The second kappa shape index (κ2) is 10.6. The predicted molar refractivity (Wildman–Crippen MR) is 96.9 cm³/mol. The molecule has 5 nitrogen and oxygen atoms in total. The van der Waals surface area contributed by atoms with Gasteiger partial charge < -0.3 is 24.6 Å². The molecule has 1 aromatic rings. The molecule has 2 rings (SSSR count). The van der Waals surface area contributed by atoms with E-state index in [-0.39, 0.29) is 12.6 Å². The molecule has 5 heteroatoms. The Morgan fingerprint density at radius 1 is 1.04 bits per heavy atom. The number of dihydropyridines is 1. The number of aliphatic hydroxyl groups excluding tert-OH is 1. The fourth-order valence-corrected chi connectivity index (χ4v) is 2.62. The highest BCUT2D eigenvalue weighted by Gasteiger charge is 2.21. The van der Waals surface area contributed by atoms with E-state index >= 15 is 0 Å². The number of benzene rings is 1. The lowest BCUT2D eigenvalue weighted by Gasteiger charge is -2.25. The zero-order valence-electron chi connectivity index (χ0n) is 15.3. The highest BCUT2D eigenvalue weighted by Crippen LogP contribution is 2.41. The molecule has 1 aliphatic rings. The minimum atomic E-state index is 0.0326. The van der Waals surface area contributed by atoms with Gasteiger partial charge in [0.2, 0.25) is 5.75 Å². The van der Waals surface area contributed by atoms with E-state index in [1.54, 1.807) is 21.3 Å². The van der Waals surface area contributed by atoms with Gasteiger partial charge in [-0.1, -0.05) is 19.9 Å². The van der Waals surface area contributed by atoms with Crippen molar-refractivity contribution in [1.82, 2.24) is 5.32 Å². The van der Waals surface area contributed by atoms with Crippen molar-refractivity contribution in [2.24, 2.45) is 0 Å². The van der Waals surface area contributed by atoms with E-state index in [2.05, 4.69) is 11.4 Å². The average Bonchev–Trinajstić information content (AvgIpc) is 2.66. The summed E-state index contributed by atoms with van der Waals surface area (Å²) in [6, 6.07) is 3.93. The predicted octanol–water partition coefficient (Wildman–Crippen LogP) is 3.60. The molecular formula is C19H29NO4. The lowest BCUT2D eigenvalue weighted by molar-refractivity contribution is 0.287. The number of hydrogen-bond donors (Lipinski definition) is 2. The molecule has 0 saturated carbocycles. The van der Waals surface area contributed by atoms with Gasteiger partial charge in [0.25, 0.3) is 0 Å². The number of aliphatic hydroxyl groups is 1. The second-order valence-corrected chi connectivity index (χ2v) is 4.99. The Labute approximate surface area is 144 Å². The molecule has 1 aliphatic heterocycles. The maximum atomic E-state index is 9.06. The summed E-state index contributed by atoms with van der Waals surface area (Å²) in [5, 5.41) is 12.4. The van der Waals surface area contributed by atoms with Crippen LogP contribution in [0, 0.1) is 0 Å².